The van der Waals surface area contributed by atoms with Crippen molar-refractivity contribution >= 4 is 5.97 Å². The zero-order chi connectivity index (χ0) is 14.0. The van der Waals surface area contributed by atoms with Crippen LogP contribution in [0.3, 0.4) is 0 Å². The highest BCUT2D eigenvalue weighted by molar-refractivity contribution is 5.83. The summed E-state index contributed by atoms with van der Waals surface area (Å²) in [4.78, 5) is 15.0. The molecule has 1 unspecified atom stereocenters. The molecule has 0 radical (unpaired) electrons. The molecule has 1 heterocycles. The van der Waals surface area contributed by atoms with Crippen molar-refractivity contribution in [3.8, 4) is 0 Å². The molecule has 0 aliphatic carbocycles. The van der Waals surface area contributed by atoms with Crippen LogP contribution in [0.5, 0.6) is 0 Å². The second-order valence-corrected chi connectivity index (χ2v) is 4.79. The topological polar surface area (TPSA) is 69.4 Å². The summed E-state index contributed by atoms with van der Waals surface area (Å²) < 4.78 is 15.6. The second kappa shape index (κ2) is 5.22. The van der Waals surface area contributed by atoms with Crippen molar-refractivity contribution in [2.45, 2.75) is 51.2 Å². The molecule has 0 aromatic heterocycles. The summed E-state index contributed by atoms with van der Waals surface area (Å²) in [5.41, 5.74) is -1.68. The molecule has 6 heteroatoms. The highest BCUT2D eigenvalue weighted by Crippen LogP contribution is 2.30. The number of hydrogen-bond donors (Lipinski definition) is 1. The lowest BCUT2D eigenvalue weighted by molar-refractivity contribution is -0.167. The van der Waals surface area contributed by atoms with Crippen molar-refractivity contribution in [2.24, 2.45) is 0 Å². The van der Waals surface area contributed by atoms with Crippen molar-refractivity contribution < 1.29 is 24.1 Å². The standard InChI is InChI=1S/C12H19NO5/c1-6-16-10(15)12(4,13-5)9(14)8-7-17-11(2,3)18-8/h8-9,14H,6-7H2,1-4H3/t8-,9-,12?/m1/s1. The maximum Gasteiger partial charge on any atom is 0.396 e. The summed E-state index contributed by atoms with van der Waals surface area (Å²) >= 11 is 0. The van der Waals surface area contributed by atoms with Crippen LogP contribution < -0.4 is 0 Å². The van der Waals surface area contributed by atoms with Crippen LogP contribution in [0.15, 0.2) is 0 Å². The van der Waals surface area contributed by atoms with Crippen LogP contribution in [0.25, 0.3) is 4.85 Å². The molecule has 1 aliphatic heterocycles. The molecule has 3 atom stereocenters. The van der Waals surface area contributed by atoms with Crippen LogP contribution in [0.1, 0.15) is 27.7 Å². The molecule has 0 spiro atoms. The predicted octanol–water partition coefficient (Wildman–Crippen LogP) is 0.740. The lowest BCUT2D eigenvalue weighted by atomic mass is 9.92. The zero-order valence-electron chi connectivity index (χ0n) is 11.1. The number of aliphatic hydroxyl groups is 1. The molecule has 1 N–H and O–H groups in total. The van der Waals surface area contributed by atoms with E-state index < -0.39 is 29.5 Å². The fraction of sp³-hybridized carbons (Fsp3) is 0.833. The largest absolute Gasteiger partial charge is 0.460 e. The van der Waals surface area contributed by atoms with E-state index in [2.05, 4.69) is 4.85 Å². The summed E-state index contributed by atoms with van der Waals surface area (Å²) in [5, 5.41) is 10.2. The minimum atomic E-state index is -1.68. The van der Waals surface area contributed by atoms with Crippen molar-refractivity contribution in [1.29, 1.82) is 0 Å². The lowest BCUT2D eigenvalue weighted by Crippen LogP contribution is -2.52. The third kappa shape index (κ3) is 2.80. The van der Waals surface area contributed by atoms with Crippen LogP contribution >= 0.6 is 0 Å². The molecule has 0 amide bonds. The van der Waals surface area contributed by atoms with E-state index in [-0.39, 0.29) is 13.2 Å². The first-order valence-electron chi connectivity index (χ1n) is 5.82. The fourth-order valence-corrected chi connectivity index (χ4v) is 1.74. The summed E-state index contributed by atoms with van der Waals surface area (Å²) in [6.07, 6.45) is -2.01. The smallest absolute Gasteiger partial charge is 0.396 e. The van der Waals surface area contributed by atoms with Crippen LogP contribution in [0.2, 0.25) is 0 Å². The molecule has 1 fully saturated rings. The van der Waals surface area contributed by atoms with Gasteiger partial charge in [-0.3, -0.25) is 4.85 Å². The van der Waals surface area contributed by atoms with Crippen molar-refractivity contribution in [2.75, 3.05) is 13.2 Å². The third-order valence-corrected chi connectivity index (χ3v) is 2.88. The van der Waals surface area contributed by atoms with Gasteiger partial charge < -0.3 is 19.3 Å². The van der Waals surface area contributed by atoms with Crippen LogP contribution in [-0.2, 0) is 19.0 Å². The molecule has 0 aromatic carbocycles. The number of carbonyl (C=O) groups is 1. The summed E-state index contributed by atoms with van der Waals surface area (Å²) in [7, 11) is 0. The Morgan fingerprint density at radius 3 is 2.72 bits per heavy atom. The monoisotopic (exact) mass is 257 g/mol. The molecule has 0 saturated carbocycles. The van der Waals surface area contributed by atoms with E-state index in [1.165, 1.54) is 6.92 Å². The first-order valence-corrected chi connectivity index (χ1v) is 5.82. The van der Waals surface area contributed by atoms with Gasteiger partial charge in [0.2, 0.25) is 0 Å². The molecule has 0 bridgehead atoms. The van der Waals surface area contributed by atoms with Gasteiger partial charge in [-0.25, -0.2) is 11.4 Å². The Labute approximate surface area is 107 Å². The molecular weight excluding hydrogens is 238 g/mol. The molecule has 18 heavy (non-hydrogen) atoms. The normalized spacial score (nSPS) is 27.0. The quantitative estimate of drug-likeness (QED) is 0.594. The van der Waals surface area contributed by atoms with E-state index in [1.54, 1.807) is 20.8 Å². The summed E-state index contributed by atoms with van der Waals surface area (Å²) in [6.45, 7) is 13.8. The minimum Gasteiger partial charge on any atom is -0.460 e. The van der Waals surface area contributed by atoms with E-state index in [4.69, 9.17) is 20.8 Å². The van der Waals surface area contributed by atoms with Crippen molar-refractivity contribution in [3.63, 3.8) is 0 Å². The van der Waals surface area contributed by atoms with Gasteiger partial charge in [0.15, 0.2) is 11.9 Å². The number of aliphatic hydroxyl groups excluding tert-OH is 1. The molecule has 0 aromatic rings. The minimum absolute atomic E-state index is 0.138. The maximum atomic E-state index is 11.8. The molecule has 6 nitrogen and oxygen atoms in total. The number of hydrogen-bond acceptors (Lipinski definition) is 5. The molecule has 1 aliphatic rings. The molecule has 1 saturated heterocycles. The van der Waals surface area contributed by atoms with E-state index in [0.29, 0.717) is 0 Å². The number of carbonyl (C=O) groups excluding carboxylic acids is 1. The van der Waals surface area contributed by atoms with Gasteiger partial charge in [0.1, 0.15) is 6.10 Å². The van der Waals surface area contributed by atoms with Gasteiger partial charge in [-0.05, 0) is 20.8 Å². The van der Waals surface area contributed by atoms with E-state index in [0.717, 1.165) is 0 Å². The van der Waals surface area contributed by atoms with E-state index in [9.17, 15) is 9.90 Å². The third-order valence-electron chi connectivity index (χ3n) is 2.88. The SMILES string of the molecule is [C-]#[N+]C(C)(C(=O)OCC)[C@H](O)[C@H]1COC(C)(C)O1. The van der Waals surface area contributed by atoms with Gasteiger partial charge >= 0.3 is 11.5 Å². The Morgan fingerprint density at radius 1 is 1.72 bits per heavy atom. The van der Waals surface area contributed by atoms with E-state index in [1.807, 2.05) is 0 Å². The van der Waals surface area contributed by atoms with Crippen LogP contribution in [0, 0.1) is 6.57 Å². The van der Waals surface area contributed by atoms with Crippen LogP contribution in [0.4, 0.5) is 0 Å². The maximum absolute atomic E-state index is 11.8. The van der Waals surface area contributed by atoms with Crippen molar-refractivity contribution in [1.82, 2.24) is 0 Å². The Kier molecular flexibility index (Phi) is 4.32. The first kappa shape index (κ1) is 14.9. The van der Waals surface area contributed by atoms with Gasteiger partial charge in [-0.2, -0.15) is 0 Å². The zero-order valence-corrected chi connectivity index (χ0v) is 11.1. The van der Waals surface area contributed by atoms with E-state index >= 15 is 0 Å². The predicted molar refractivity (Wildman–Crippen MR) is 62.6 cm³/mol. The highest BCUT2D eigenvalue weighted by Gasteiger charge is 2.55. The highest BCUT2D eigenvalue weighted by atomic mass is 16.7. The average molecular weight is 257 g/mol. The van der Waals surface area contributed by atoms with Gasteiger partial charge in [0, 0.05) is 6.92 Å². The lowest BCUT2D eigenvalue weighted by Gasteiger charge is -2.25. The van der Waals surface area contributed by atoms with Gasteiger partial charge in [-0.15, -0.1) is 0 Å². The molecular formula is C12H19NO5. The number of rotatable bonds is 4. The summed E-state index contributed by atoms with van der Waals surface area (Å²) in [5.74, 6) is -1.57. The molecule has 102 valence electrons. The summed E-state index contributed by atoms with van der Waals surface area (Å²) in [6, 6.07) is 0. The Balaban J connectivity index is 2.83. The Morgan fingerprint density at radius 2 is 2.33 bits per heavy atom. The van der Waals surface area contributed by atoms with Crippen LogP contribution in [-0.4, -0.2) is 47.8 Å². The fourth-order valence-electron chi connectivity index (χ4n) is 1.74. The Bertz CT molecular complexity index is 362. The van der Waals surface area contributed by atoms with Gasteiger partial charge in [0.25, 0.3) is 0 Å². The van der Waals surface area contributed by atoms with Gasteiger partial charge in [0.05, 0.1) is 13.2 Å². The van der Waals surface area contributed by atoms with Gasteiger partial charge in [-0.1, -0.05) is 0 Å². The Hall–Kier alpha value is -1.16. The number of esters is 1. The number of ether oxygens (including phenoxy) is 3. The second-order valence-electron chi connectivity index (χ2n) is 4.79. The average Bonchev–Trinajstić information content (AvgIpc) is 2.67. The number of nitrogens with zero attached hydrogens (tertiary/aromatic N) is 1. The van der Waals surface area contributed by atoms with Crippen molar-refractivity contribution in [3.05, 3.63) is 11.4 Å². The molecule has 1 rings (SSSR count). The first-order chi connectivity index (χ1) is 8.27.